The second-order valence-corrected chi connectivity index (χ2v) is 7.05. The van der Waals surface area contributed by atoms with Crippen LogP contribution in [0.1, 0.15) is 39.3 Å². The van der Waals surface area contributed by atoms with Crippen LogP contribution in [0.3, 0.4) is 0 Å². The molecule has 4 unspecified atom stereocenters. The highest BCUT2D eigenvalue weighted by molar-refractivity contribution is 6.21. The summed E-state index contributed by atoms with van der Waals surface area (Å²) >= 11 is 6.54. The van der Waals surface area contributed by atoms with Crippen molar-refractivity contribution in [3.63, 3.8) is 0 Å². The maximum Gasteiger partial charge on any atom is 0.0939 e. The van der Waals surface area contributed by atoms with Crippen molar-refractivity contribution in [2.45, 2.75) is 62.9 Å². The van der Waals surface area contributed by atoms with E-state index in [2.05, 4.69) is 25.8 Å². The van der Waals surface area contributed by atoms with Crippen LogP contribution in [0.2, 0.25) is 0 Å². The van der Waals surface area contributed by atoms with E-state index >= 15 is 0 Å². The molecule has 2 aliphatic heterocycles. The Morgan fingerprint density at radius 1 is 1.45 bits per heavy atom. The number of hydrogen-bond acceptors (Lipinski definition) is 3. The predicted octanol–water partition coefficient (Wildman–Crippen LogP) is 3.55. The van der Waals surface area contributed by atoms with Gasteiger partial charge in [-0.3, -0.25) is 4.98 Å². The molecule has 0 aliphatic carbocycles. The zero-order chi connectivity index (χ0) is 14.4. The molecule has 3 rings (SSSR count). The van der Waals surface area contributed by atoms with E-state index in [1.165, 1.54) is 0 Å². The van der Waals surface area contributed by atoms with Crippen LogP contribution in [0.4, 0.5) is 0 Å². The molecule has 3 heterocycles. The molecule has 0 amide bonds. The van der Waals surface area contributed by atoms with E-state index in [0.29, 0.717) is 12.5 Å². The average Bonchev–Trinajstić information content (AvgIpc) is 2.85. The number of halogens is 1. The molecule has 0 N–H and O–H groups in total. The number of fused-ring (bicyclic) bond motifs is 2. The smallest absolute Gasteiger partial charge is 0.0939 e. The first kappa shape index (κ1) is 14.3. The van der Waals surface area contributed by atoms with Gasteiger partial charge in [-0.05, 0) is 31.4 Å². The molecule has 1 aromatic rings. The van der Waals surface area contributed by atoms with Crippen LogP contribution < -0.4 is 0 Å². The third-order valence-electron chi connectivity index (χ3n) is 4.86. The van der Waals surface area contributed by atoms with Crippen molar-refractivity contribution in [1.29, 1.82) is 0 Å². The van der Waals surface area contributed by atoms with Gasteiger partial charge in [0.05, 0.1) is 35.0 Å². The Kier molecular flexibility index (Phi) is 3.56. The number of hydrogen-bond donors (Lipinski definition) is 0. The Balaban J connectivity index is 1.71. The van der Waals surface area contributed by atoms with Crippen molar-refractivity contribution in [3.8, 4) is 0 Å². The average molecular weight is 296 g/mol. The topological polar surface area (TPSA) is 31.4 Å². The molecule has 20 heavy (non-hydrogen) atoms. The van der Waals surface area contributed by atoms with E-state index in [1.807, 2.05) is 18.2 Å². The quantitative estimate of drug-likeness (QED) is 0.796. The first-order chi connectivity index (χ1) is 9.46. The highest BCUT2D eigenvalue weighted by Gasteiger charge is 2.65. The van der Waals surface area contributed by atoms with Crippen molar-refractivity contribution < 1.29 is 9.47 Å². The van der Waals surface area contributed by atoms with Gasteiger partial charge in [0, 0.05) is 12.6 Å². The van der Waals surface area contributed by atoms with E-state index in [9.17, 15) is 0 Å². The molecule has 0 aromatic carbocycles. The van der Waals surface area contributed by atoms with Gasteiger partial charge in [0.2, 0.25) is 0 Å². The minimum atomic E-state index is -0.258. The highest BCUT2D eigenvalue weighted by atomic mass is 35.5. The standard InChI is InChI=1S/C16H22ClNO2/c1-11(2)16-9-14(15(3,20-16)8-13(16)17)19-10-12-6-4-5-7-18-12/h4-7,11,13-14H,8-10H2,1-3H3. The molecule has 0 saturated carbocycles. The van der Waals surface area contributed by atoms with Crippen LogP contribution in [0.15, 0.2) is 24.4 Å². The molecule has 1 aromatic heterocycles. The van der Waals surface area contributed by atoms with E-state index < -0.39 is 0 Å². The van der Waals surface area contributed by atoms with Gasteiger partial charge in [0.15, 0.2) is 0 Å². The lowest BCUT2D eigenvalue weighted by Gasteiger charge is -2.35. The molecule has 4 atom stereocenters. The van der Waals surface area contributed by atoms with E-state index in [4.69, 9.17) is 21.1 Å². The molecule has 2 aliphatic rings. The van der Waals surface area contributed by atoms with E-state index in [1.54, 1.807) is 6.20 Å². The fourth-order valence-electron chi connectivity index (χ4n) is 3.56. The van der Waals surface area contributed by atoms with E-state index in [-0.39, 0.29) is 22.7 Å². The third-order valence-corrected chi connectivity index (χ3v) is 5.38. The second kappa shape index (κ2) is 4.97. The van der Waals surface area contributed by atoms with Gasteiger partial charge in [-0.15, -0.1) is 11.6 Å². The molecule has 2 bridgehead atoms. The van der Waals surface area contributed by atoms with Gasteiger partial charge in [0.1, 0.15) is 0 Å². The van der Waals surface area contributed by atoms with Crippen LogP contribution in [0, 0.1) is 5.92 Å². The van der Waals surface area contributed by atoms with Gasteiger partial charge >= 0.3 is 0 Å². The fourth-order valence-corrected chi connectivity index (χ4v) is 4.25. The minimum absolute atomic E-state index is 0.0854. The van der Waals surface area contributed by atoms with Crippen LogP contribution in [0.5, 0.6) is 0 Å². The lowest BCUT2D eigenvalue weighted by Crippen LogP contribution is -2.45. The first-order valence-electron chi connectivity index (χ1n) is 7.32. The van der Waals surface area contributed by atoms with Gasteiger partial charge in [-0.1, -0.05) is 19.9 Å². The molecule has 4 heteroatoms. The molecule has 0 spiro atoms. The van der Waals surface area contributed by atoms with Crippen LogP contribution in [0.25, 0.3) is 0 Å². The zero-order valence-corrected chi connectivity index (χ0v) is 13.1. The molecular weight excluding hydrogens is 274 g/mol. The number of alkyl halides is 1. The Morgan fingerprint density at radius 2 is 2.25 bits per heavy atom. The van der Waals surface area contributed by atoms with Crippen LogP contribution in [-0.2, 0) is 16.1 Å². The first-order valence-corrected chi connectivity index (χ1v) is 7.76. The minimum Gasteiger partial charge on any atom is -0.369 e. The summed E-state index contributed by atoms with van der Waals surface area (Å²) in [5.41, 5.74) is 0.469. The number of aromatic nitrogens is 1. The SMILES string of the molecule is CC(C)C12CC(OCc3ccccn3)C(C)(CC1Cl)O2. The van der Waals surface area contributed by atoms with Crippen molar-refractivity contribution in [3.05, 3.63) is 30.1 Å². The summed E-state index contributed by atoms with van der Waals surface area (Å²) in [6, 6.07) is 5.88. The molecule has 0 radical (unpaired) electrons. The number of pyridine rings is 1. The Labute approximate surface area is 125 Å². The van der Waals surface area contributed by atoms with Gasteiger partial charge in [-0.25, -0.2) is 0 Å². The monoisotopic (exact) mass is 295 g/mol. The van der Waals surface area contributed by atoms with Crippen molar-refractivity contribution in [2.75, 3.05) is 0 Å². The summed E-state index contributed by atoms with van der Waals surface area (Å²) in [6.45, 7) is 7.03. The Morgan fingerprint density at radius 3 is 2.85 bits per heavy atom. The highest BCUT2D eigenvalue weighted by Crippen LogP contribution is 2.57. The third kappa shape index (κ3) is 2.16. The second-order valence-electron chi connectivity index (χ2n) is 6.52. The normalized spacial score (nSPS) is 39.6. The molecule has 110 valence electrons. The Bertz CT molecular complexity index is 481. The molecule has 2 fully saturated rings. The molecular formula is C16H22ClNO2. The summed E-state index contributed by atoms with van der Waals surface area (Å²) in [4.78, 5) is 4.30. The predicted molar refractivity (Wildman–Crippen MR) is 78.7 cm³/mol. The maximum atomic E-state index is 6.54. The number of nitrogens with zero attached hydrogens (tertiary/aromatic N) is 1. The number of rotatable bonds is 4. The number of ether oxygens (including phenoxy) is 2. The fraction of sp³-hybridized carbons (Fsp3) is 0.688. The largest absolute Gasteiger partial charge is 0.369 e. The zero-order valence-electron chi connectivity index (χ0n) is 12.3. The van der Waals surface area contributed by atoms with Gasteiger partial charge < -0.3 is 9.47 Å². The van der Waals surface area contributed by atoms with Gasteiger partial charge in [-0.2, -0.15) is 0 Å². The van der Waals surface area contributed by atoms with Crippen LogP contribution in [-0.4, -0.2) is 27.7 Å². The Hall–Kier alpha value is -0.640. The van der Waals surface area contributed by atoms with Gasteiger partial charge in [0.25, 0.3) is 0 Å². The van der Waals surface area contributed by atoms with E-state index in [0.717, 1.165) is 18.5 Å². The molecule has 3 nitrogen and oxygen atoms in total. The molecule has 2 saturated heterocycles. The van der Waals surface area contributed by atoms with Crippen molar-refractivity contribution in [2.24, 2.45) is 5.92 Å². The summed E-state index contributed by atoms with van der Waals surface area (Å²) in [5, 5.41) is 0.0854. The summed E-state index contributed by atoms with van der Waals surface area (Å²) in [5.74, 6) is 0.398. The maximum absolute atomic E-state index is 6.54. The van der Waals surface area contributed by atoms with Crippen molar-refractivity contribution in [1.82, 2.24) is 4.98 Å². The summed E-state index contributed by atoms with van der Waals surface area (Å²) < 4.78 is 12.4. The summed E-state index contributed by atoms with van der Waals surface area (Å²) in [6.07, 6.45) is 3.63. The lowest BCUT2D eigenvalue weighted by molar-refractivity contribution is -0.0960. The van der Waals surface area contributed by atoms with Crippen LogP contribution >= 0.6 is 11.6 Å². The van der Waals surface area contributed by atoms with Crippen molar-refractivity contribution >= 4 is 11.6 Å². The lowest BCUT2D eigenvalue weighted by atomic mass is 9.75. The summed E-state index contributed by atoms with van der Waals surface area (Å²) in [7, 11) is 0.